The molecule has 23 heavy (non-hydrogen) atoms. The van der Waals surface area contributed by atoms with Crippen LogP contribution in [-0.2, 0) is 12.1 Å². The number of fused-ring (bicyclic) bond motifs is 1. The first-order valence-corrected chi connectivity index (χ1v) is 8.27. The lowest BCUT2D eigenvalue weighted by Crippen LogP contribution is -2.34. The average Bonchev–Trinajstić information content (AvgIpc) is 2.64. The predicted molar refractivity (Wildman–Crippen MR) is 94.8 cm³/mol. The third kappa shape index (κ3) is 5.06. The van der Waals surface area contributed by atoms with Crippen molar-refractivity contribution in [2.45, 2.75) is 32.9 Å². The summed E-state index contributed by atoms with van der Waals surface area (Å²) in [7, 11) is 3.95. The average molecular weight is 318 g/mol. The summed E-state index contributed by atoms with van der Waals surface area (Å²) in [6.45, 7) is 10.1. The van der Waals surface area contributed by atoms with Gasteiger partial charge in [-0.25, -0.2) is 0 Å². The fourth-order valence-electron chi connectivity index (χ4n) is 2.96. The molecule has 0 spiro atoms. The molecule has 1 N–H and O–H groups in total. The minimum absolute atomic E-state index is 0.591. The van der Waals surface area contributed by atoms with Crippen molar-refractivity contribution < 1.29 is 9.84 Å². The second-order valence-electron chi connectivity index (χ2n) is 7.20. The van der Waals surface area contributed by atoms with E-state index in [4.69, 9.17) is 4.74 Å². The number of nitrogens with zero attached hydrogens (tertiary/aromatic N) is 2. The molecular weight excluding hydrogens is 288 g/mol. The Kier molecular flexibility index (Phi) is 5.84. The van der Waals surface area contributed by atoms with Crippen LogP contribution in [0.5, 0.6) is 5.75 Å². The Morgan fingerprint density at radius 3 is 2.78 bits per heavy atom. The van der Waals surface area contributed by atoms with Crippen molar-refractivity contribution in [3.8, 4) is 5.75 Å². The summed E-state index contributed by atoms with van der Waals surface area (Å²) in [5.74, 6) is 0.939. The topological polar surface area (TPSA) is 35.9 Å². The number of ether oxygens (including phenoxy) is 1. The summed E-state index contributed by atoms with van der Waals surface area (Å²) in [5, 5.41) is 10.8. The smallest absolute Gasteiger partial charge is 0.123 e. The summed E-state index contributed by atoms with van der Waals surface area (Å²) >= 11 is 0. The van der Waals surface area contributed by atoms with Gasteiger partial charge in [0.2, 0.25) is 0 Å². The molecule has 4 nitrogen and oxygen atoms in total. The molecule has 1 heterocycles. The summed E-state index contributed by atoms with van der Waals surface area (Å²) in [5.41, 5.74) is 2.56. The Bertz CT molecular complexity index is 560. The van der Waals surface area contributed by atoms with Crippen molar-refractivity contribution in [2.24, 2.45) is 0 Å². The Hall–Kier alpha value is -1.36. The molecule has 1 atom stereocenters. The molecule has 1 aliphatic rings. The molecule has 128 valence electrons. The van der Waals surface area contributed by atoms with E-state index in [1.165, 1.54) is 5.57 Å². The highest BCUT2D eigenvalue weighted by Crippen LogP contribution is 2.29. The van der Waals surface area contributed by atoms with Crippen LogP contribution >= 0.6 is 0 Å². The van der Waals surface area contributed by atoms with Crippen molar-refractivity contribution >= 4 is 0 Å². The molecule has 0 saturated heterocycles. The van der Waals surface area contributed by atoms with Crippen molar-refractivity contribution in [1.29, 1.82) is 0 Å². The first-order chi connectivity index (χ1) is 10.8. The summed E-state index contributed by atoms with van der Waals surface area (Å²) in [6, 6.07) is 6.08. The SMILES string of the molecule is CC(C)=CCN1CCOc2ccc(C(C)(O)CN(C)C)cc2C1. The van der Waals surface area contributed by atoms with Gasteiger partial charge in [-0.2, -0.15) is 0 Å². The molecule has 0 aliphatic carbocycles. The quantitative estimate of drug-likeness (QED) is 0.847. The molecule has 1 aromatic rings. The molecular formula is C19H30N2O2. The van der Waals surface area contributed by atoms with E-state index >= 15 is 0 Å². The monoisotopic (exact) mass is 318 g/mol. The highest BCUT2D eigenvalue weighted by molar-refractivity contribution is 5.40. The third-order valence-corrected chi connectivity index (χ3v) is 4.12. The number of hydrogen-bond acceptors (Lipinski definition) is 4. The van der Waals surface area contributed by atoms with E-state index in [1.807, 2.05) is 38.1 Å². The molecule has 0 saturated carbocycles. The van der Waals surface area contributed by atoms with Crippen LogP contribution < -0.4 is 4.74 Å². The zero-order chi connectivity index (χ0) is 17.0. The molecule has 1 aromatic carbocycles. The molecule has 0 amide bonds. The molecule has 1 aliphatic heterocycles. The van der Waals surface area contributed by atoms with Crippen LogP contribution in [0, 0.1) is 0 Å². The van der Waals surface area contributed by atoms with Crippen LogP contribution in [0.2, 0.25) is 0 Å². The number of hydrogen-bond donors (Lipinski definition) is 1. The van der Waals surface area contributed by atoms with E-state index in [9.17, 15) is 5.11 Å². The Balaban J connectivity index is 2.22. The molecule has 0 bridgehead atoms. The van der Waals surface area contributed by atoms with Crippen LogP contribution in [0.25, 0.3) is 0 Å². The van der Waals surface area contributed by atoms with Gasteiger partial charge in [-0.05, 0) is 52.6 Å². The van der Waals surface area contributed by atoms with Crippen molar-refractivity contribution in [3.63, 3.8) is 0 Å². The van der Waals surface area contributed by atoms with Crippen LogP contribution in [0.3, 0.4) is 0 Å². The minimum Gasteiger partial charge on any atom is -0.492 e. The van der Waals surface area contributed by atoms with Crippen LogP contribution in [0.1, 0.15) is 31.9 Å². The number of benzene rings is 1. The van der Waals surface area contributed by atoms with Gasteiger partial charge in [-0.3, -0.25) is 4.90 Å². The Labute approximate surface area is 140 Å². The van der Waals surface area contributed by atoms with Gasteiger partial charge in [0.05, 0.1) is 5.60 Å². The highest BCUT2D eigenvalue weighted by Gasteiger charge is 2.26. The lowest BCUT2D eigenvalue weighted by atomic mass is 9.93. The lowest BCUT2D eigenvalue weighted by Gasteiger charge is -2.28. The maximum absolute atomic E-state index is 10.8. The van der Waals surface area contributed by atoms with Gasteiger partial charge >= 0.3 is 0 Å². The molecule has 0 aromatic heterocycles. The van der Waals surface area contributed by atoms with Gasteiger partial charge in [0.1, 0.15) is 12.4 Å². The summed E-state index contributed by atoms with van der Waals surface area (Å²) in [4.78, 5) is 4.38. The van der Waals surface area contributed by atoms with E-state index in [2.05, 4.69) is 30.9 Å². The molecule has 0 fully saturated rings. The standard InChI is InChI=1S/C19H30N2O2/c1-15(2)8-9-21-10-11-23-18-7-6-17(12-16(18)13-21)19(3,22)14-20(4)5/h6-8,12,22H,9-11,13-14H2,1-5H3. The third-order valence-electron chi connectivity index (χ3n) is 4.12. The van der Waals surface area contributed by atoms with Crippen LogP contribution in [0.4, 0.5) is 0 Å². The van der Waals surface area contributed by atoms with E-state index < -0.39 is 5.60 Å². The lowest BCUT2D eigenvalue weighted by molar-refractivity contribution is 0.0299. The predicted octanol–water partition coefficient (Wildman–Crippen LogP) is 2.62. The van der Waals surface area contributed by atoms with E-state index in [1.54, 1.807) is 0 Å². The van der Waals surface area contributed by atoms with E-state index in [0.29, 0.717) is 13.2 Å². The van der Waals surface area contributed by atoms with E-state index in [-0.39, 0.29) is 0 Å². The molecule has 0 radical (unpaired) electrons. The first kappa shape index (κ1) is 18.0. The zero-order valence-electron chi connectivity index (χ0n) is 15.1. The van der Waals surface area contributed by atoms with E-state index in [0.717, 1.165) is 36.5 Å². The van der Waals surface area contributed by atoms with Gasteiger partial charge in [0, 0.05) is 31.7 Å². The maximum Gasteiger partial charge on any atom is 0.123 e. The second-order valence-corrected chi connectivity index (χ2v) is 7.20. The maximum atomic E-state index is 10.8. The number of likely N-dealkylation sites (N-methyl/N-ethyl adjacent to an activating group) is 1. The normalized spacial score (nSPS) is 17.9. The Morgan fingerprint density at radius 1 is 1.39 bits per heavy atom. The van der Waals surface area contributed by atoms with Gasteiger partial charge in [-0.1, -0.05) is 17.7 Å². The Morgan fingerprint density at radius 2 is 2.13 bits per heavy atom. The summed E-state index contributed by atoms with van der Waals surface area (Å²) in [6.07, 6.45) is 2.25. The van der Waals surface area contributed by atoms with Crippen molar-refractivity contribution in [3.05, 3.63) is 41.0 Å². The number of aliphatic hydroxyl groups is 1. The minimum atomic E-state index is -0.866. The van der Waals surface area contributed by atoms with Gasteiger partial charge in [-0.15, -0.1) is 0 Å². The van der Waals surface area contributed by atoms with Gasteiger partial charge < -0.3 is 14.7 Å². The number of allylic oxidation sites excluding steroid dienone is 1. The fraction of sp³-hybridized carbons (Fsp3) is 0.579. The summed E-state index contributed by atoms with van der Waals surface area (Å²) < 4.78 is 5.88. The van der Waals surface area contributed by atoms with Crippen LogP contribution in [0.15, 0.2) is 29.8 Å². The molecule has 1 unspecified atom stereocenters. The largest absolute Gasteiger partial charge is 0.492 e. The van der Waals surface area contributed by atoms with Crippen molar-refractivity contribution in [2.75, 3.05) is 40.3 Å². The zero-order valence-corrected chi connectivity index (χ0v) is 15.1. The van der Waals surface area contributed by atoms with Gasteiger partial charge in [0.25, 0.3) is 0 Å². The second kappa shape index (κ2) is 7.47. The van der Waals surface area contributed by atoms with Crippen molar-refractivity contribution in [1.82, 2.24) is 9.80 Å². The fourth-order valence-corrected chi connectivity index (χ4v) is 2.96. The molecule has 2 rings (SSSR count). The number of rotatable bonds is 5. The van der Waals surface area contributed by atoms with Crippen LogP contribution in [-0.4, -0.2) is 55.2 Å². The highest BCUT2D eigenvalue weighted by atomic mass is 16.5. The molecule has 4 heteroatoms. The van der Waals surface area contributed by atoms with Gasteiger partial charge in [0.15, 0.2) is 0 Å². The first-order valence-electron chi connectivity index (χ1n) is 8.27.